The largest absolute Gasteiger partial charge is 0.508 e. The van der Waals surface area contributed by atoms with Gasteiger partial charge in [0.05, 0.1) is 6.04 Å². The minimum absolute atomic E-state index is 0.103. The van der Waals surface area contributed by atoms with Crippen molar-refractivity contribution in [3.8, 4) is 5.75 Å². The average Bonchev–Trinajstić information content (AvgIpc) is 2.71. The molecule has 0 spiro atoms. The highest BCUT2D eigenvalue weighted by atomic mass is 79.9. The van der Waals surface area contributed by atoms with Crippen LogP contribution >= 0.6 is 27.5 Å². The Balaban J connectivity index is 1.93. The number of aromatic hydroxyl groups is 1. The molecule has 18 heavy (non-hydrogen) atoms. The molecule has 0 amide bonds. The molecule has 0 saturated heterocycles. The molecule has 2 nitrogen and oxygen atoms in total. The zero-order chi connectivity index (χ0) is 12.7. The number of nitrogens with one attached hydrogen (secondary N) is 1. The van der Waals surface area contributed by atoms with Gasteiger partial charge in [0.25, 0.3) is 0 Å². The predicted molar refractivity (Wildman–Crippen MR) is 77.3 cm³/mol. The molecule has 1 atom stereocenters. The van der Waals surface area contributed by atoms with Gasteiger partial charge in [-0.05, 0) is 42.3 Å². The van der Waals surface area contributed by atoms with Crippen molar-refractivity contribution in [1.82, 2.24) is 0 Å². The van der Waals surface area contributed by atoms with E-state index in [1.165, 1.54) is 5.56 Å². The maximum atomic E-state index is 9.99. The Labute approximate surface area is 119 Å². The first-order valence-corrected chi connectivity index (χ1v) is 6.84. The van der Waals surface area contributed by atoms with Crippen LogP contribution in [0.1, 0.15) is 17.2 Å². The summed E-state index contributed by atoms with van der Waals surface area (Å²) in [4.78, 5) is 0. The van der Waals surface area contributed by atoms with Crippen molar-refractivity contribution in [2.45, 2.75) is 12.5 Å². The van der Waals surface area contributed by atoms with Crippen molar-refractivity contribution in [2.75, 3.05) is 5.32 Å². The lowest BCUT2D eigenvalue weighted by Crippen LogP contribution is -2.05. The molecule has 0 aromatic heterocycles. The lowest BCUT2D eigenvalue weighted by Gasteiger charge is -2.13. The van der Waals surface area contributed by atoms with E-state index in [0.29, 0.717) is 5.75 Å². The van der Waals surface area contributed by atoms with Crippen LogP contribution in [-0.4, -0.2) is 5.11 Å². The minimum atomic E-state index is 0.103. The molecular weight excluding hydrogens is 314 g/mol. The Bertz CT molecular complexity index is 615. The molecule has 0 bridgehead atoms. The molecule has 1 aliphatic rings. The van der Waals surface area contributed by atoms with Crippen molar-refractivity contribution >= 4 is 33.2 Å². The Kier molecular flexibility index (Phi) is 2.96. The topological polar surface area (TPSA) is 32.3 Å². The number of hydrogen-bond acceptors (Lipinski definition) is 2. The fourth-order valence-electron chi connectivity index (χ4n) is 2.33. The summed E-state index contributed by atoms with van der Waals surface area (Å²) >= 11 is 9.33. The van der Waals surface area contributed by atoms with Gasteiger partial charge in [0.15, 0.2) is 0 Å². The molecule has 92 valence electrons. The van der Waals surface area contributed by atoms with Crippen LogP contribution in [0.4, 0.5) is 5.69 Å². The maximum Gasteiger partial charge on any atom is 0.121 e. The Morgan fingerprint density at radius 2 is 2.06 bits per heavy atom. The second kappa shape index (κ2) is 4.48. The quantitative estimate of drug-likeness (QED) is 0.808. The predicted octanol–water partition coefficient (Wildman–Crippen LogP) is 4.52. The number of phenolic OH excluding ortho intramolecular Hbond substituents is 1. The van der Waals surface area contributed by atoms with E-state index in [1.807, 2.05) is 30.3 Å². The third kappa shape index (κ3) is 2.08. The second-order valence-corrected chi connectivity index (χ2v) is 5.76. The maximum absolute atomic E-state index is 9.99. The fourth-order valence-corrected chi connectivity index (χ4v) is 2.87. The molecule has 0 radical (unpaired) electrons. The molecule has 2 N–H and O–H groups in total. The Morgan fingerprint density at radius 3 is 2.83 bits per heavy atom. The van der Waals surface area contributed by atoms with Crippen LogP contribution in [0.5, 0.6) is 5.75 Å². The number of hydrogen-bond donors (Lipinski definition) is 2. The molecule has 0 saturated carbocycles. The van der Waals surface area contributed by atoms with Crippen LogP contribution in [-0.2, 0) is 6.42 Å². The molecule has 2 aromatic rings. The standard InChI is InChI=1S/C14H11BrClNO/c15-9-1-3-11(14(18)7-9)13-6-8-5-10(16)2-4-12(8)17-13/h1-5,7,13,17-18H,6H2/t13-/m0/s1. The highest BCUT2D eigenvalue weighted by Gasteiger charge is 2.24. The molecular formula is C14H11BrClNO. The number of benzene rings is 2. The zero-order valence-corrected chi connectivity index (χ0v) is 11.8. The van der Waals surface area contributed by atoms with E-state index < -0.39 is 0 Å². The van der Waals surface area contributed by atoms with Crippen LogP contribution in [0.25, 0.3) is 0 Å². The van der Waals surface area contributed by atoms with Crippen molar-refractivity contribution in [2.24, 2.45) is 0 Å². The minimum Gasteiger partial charge on any atom is -0.508 e. The molecule has 0 aliphatic carbocycles. The first-order valence-electron chi connectivity index (χ1n) is 5.67. The first kappa shape index (κ1) is 11.9. The summed E-state index contributed by atoms with van der Waals surface area (Å²) in [6.07, 6.45) is 0.838. The summed E-state index contributed by atoms with van der Waals surface area (Å²) in [7, 11) is 0. The van der Waals surface area contributed by atoms with Crippen molar-refractivity contribution in [3.63, 3.8) is 0 Å². The lowest BCUT2D eigenvalue weighted by molar-refractivity contribution is 0.464. The second-order valence-electron chi connectivity index (χ2n) is 4.41. The molecule has 3 rings (SSSR count). The van der Waals surface area contributed by atoms with Crippen LogP contribution in [0, 0.1) is 0 Å². The monoisotopic (exact) mass is 323 g/mol. The van der Waals surface area contributed by atoms with Crippen molar-refractivity contribution < 1.29 is 5.11 Å². The highest BCUT2D eigenvalue weighted by molar-refractivity contribution is 9.10. The summed E-state index contributed by atoms with van der Waals surface area (Å²) in [5.74, 6) is 0.306. The molecule has 0 unspecified atom stereocenters. The van der Waals surface area contributed by atoms with Crippen LogP contribution in [0.15, 0.2) is 40.9 Å². The Hall–Kier alpha value is -1.19. The number of fused-ring (bicyclic) bond motifs is 1. The van der Waals surface area contributed by atoms with E-state index in [0.717, 1.165) is 27.2 Å². The summed E-state index contributed by atoms with van der Waals surface area (Å²) in [6, 6.07) is 11.5. The summed E-state index contributed by atoms with van der Waals surface area (Å²) < 4.78 is 0.877. The first-order chi connectivity index (χ1) is 8.63. The van der Waals surface area contributed by atoms with Gasteiger partial charge in [-0.3, -0.25) is 0 Å². The van der Waals surface area contributed by atoms with E-state index in [2.05, 4.69) is 21.2 Å². The number of anilines is 1. The SMILES string of the molecule is Oc1cc(Br)ccc1[C@@H]1Cc2cc(Cl)ccc2N1. The van der Waals surface area contributed by atoms with Gasteiger partial charge in [-0.15, -0.1) is 0 Å². The van der Waals surface area contributed by atoms with Gasteiger partial charge in [-0.25, -0.2) is 0 Å². The zero-order valence-electron chi connectivity index (χ0n) is 9.45. The summed E-state index contributed by atoms with van der Waals surface area (Å²) in [5.41, 5.74) is 3.19. The van der Waals surface area contributed by atoms with E-state index in [-0.39, 0.29) is 6.04 Å². The third-order valence-corrected chi connectivity index (χ3v) is 3.92. The molecule has 2 aromatic carbocycles. The van der Waals surface area contributed by atoms with Gasteiger partial charge < -0.3 is 10.4 Å². The smallest absolute Gasteiger partial charge is 0.121 e. The normalized spacial score (nSPS) is 17.3. The summed E-state index contributed by atoms with van der Waals surface area (Å²) in [6.45, 7) is 0. The van der Waals surface area contributed by atoms with Crippen LogP contribution < -0.4 is 5.32 Å². The third-order valence-electron chi connectivity index (χ3n) is 3.19. The van der Waals surface area contributed by atoms with Crippen molar-refractivity contribution in [1.29, 1.82) is 0 Å². The van der Waals surface area contributed by atoms with Crippen LogP contribution in [0.2, 0.25) is 5.02 Å². The number of halogens is 2. The van der Waals surface area contributed by atoms with E-state index in [9.17, 15) is 5.11 Å². The van der Waals surface area contributed by atoms with Gasteiger partial charge >= 0.3 is 0 Å². The van der Waals surface area contributed by atoms with E-state index in [4.69, 9.17) is 11.6 Å². The Morgan fingerprint density at radius 1 is 1.22 bits per heavy atom. The molecule has 1 aliphatic heterocycles. The average molecular weight is 325 g/mol. The van der Waals surface area contributed by atoms with Gasteiger partial charge in [0, 0.05) is 20.7 Å². The number of rotatable bonds is 1. The van der Waals surface area contributed by atoms with Gasteiger partial charge in [-0.2, -0.15) is 0 Å². The van der Waals surface area contributed by atoms with E-state index in [1.54, 1.807) is 6.07 Å². The van der Waals surface area contributed by atoms with Crippen molar-refractivity contribution in [3.05, 3.63) is 57.0 Å². The van der Waals surface area contributed by atoms with Crippen LogP contribution in [0.3, 0.4) is 0 Å². The molecule has 4 heteroatoms. The van der Waals surface area contributed by atoms with Gasteiger partial charge in [-0.1, -0.05) is 33.6 Å². The highest BCUT2D eigenvalue weighted by Crippen LogP contribution is 2.39. The van der Waals surface area contributed by atoms with E-state index >= 15 is 0 Å². The lowest BCUT2D eigenvalue weighted by atomic mass is 10.0. The van der Waals surface area contributed by atoms with Gasteiger partial charge in [0.2, 0.25) is 0 Å². The fraction of sp³-hybridized carbons (Fsp3) is 0.143. The molecule has 1 heterocycles. The summed E-state index contributed by atoms with van der Waals surface area (Å²) in [5, 5.41) is 14.1. The molecule has 0 fully saturated rings. The number of phenols is 1. The van der Waals surface area contributed by atoms with Gasteiger partial charge in [0.1, 0.15) is 5.75 Å².